The highest BCUT2D eigenvalue weighted by Crippen LogP contribution is 2.40. The van der Waals surface area contributed by atoms with Gasteiger partial charge in [-0.3, -0.25) is 14.8 Å². The fraction of sp³-hybridized carbons (Fsp3) is 0.346. The van der Waals surface area contributed by atoms with Gasteiger partial charge in [-0.05, 0) is 68.6 Å². The highest BCUT2D eigenvalue weighted by molar-refractivity contribution is 6.31. The van der Waals surface area contributed by atoms with E-state index in [1.54, 1.807) is 24.5 Å². The van der Waals surface area contributed by atoms with Crippen LogP contribution >= 0.6 is 11.6 Å². The molecule has 2 N–H and O–H groups in total. The number of halogens is 2. The van der Waals surface area contributed by atoms with Gasteiger partial charge >= 0.3 is 0 Å². The van der Waals surface area contributed by atoms with Gasteiger partial charge in [0.2, 0.25) is 0 Å². The normalized spacial score (nSPS) is 19.4. The maximum absolute atomic E-state index is 13.9. The predicted molar refractivity (Wildman–Crippen MR) is 132 cm³/mol. The van der Waals surface area contributed by atoms with Crippen LogP contribution < -0.4 is 15.5 Å². The molecule has 1 amide bonds. The quantitative estimate of drug-likeness (QED) is 0.566. The zero-order valence-electron chi connectivity index (χ0n) is 19.3. The first-order chi connectivity index (χ1) is 16.3. The summed E-state index contributed by atoms with van der Waals surface area (Å²) in [6, 6.07) is 8.56. The number of anilines is 1. The molecule has 2 aliphatic rings. The van der Waals surface area contributed by atoms with Crippen LogP contribution in [-0.2, 0) is 6.54 Å². The van der Waals surface area contributed by atoms with Crippen LogP contribution in [0.5, 0.6) is 0 Å². The Kier molecular flexibility index (Phi) is 6.00. The minimum Gasteiger partial charge on any atom is -0.368 e. The maximum Gasteiger partial charge on any atom is 0.255 e. The Hall–Kier alpha value is -3.03. The number of carbonyl (C=O) groups excluding carboxylic acids is 1. The zero-order chi connectivity index (χ0) is 23.9. The van der Waals surface area contributed by atoms with Crippen molar-refractivity contribution in [3.63, 3.8) is 0 Å². The fourth-order valence-electron chi connectivity index (χ4n) is 5.03. The third-order valence-corrected chi connectivity index (χ3v) is 7.05. The van der Waals surface area contributed by atoms with E-state index in [1.807, 2.05) is 26.0 Å². The number of hydrogen-bond donors (Lipinski definition) is 2. The van der Waals surface area contributed by atoms with E-state index in [2.05, 4.69) is 25.5 Å². The van der Waals surface area contributed by atoms with Gasteiger partial charge in [-0.15, -0.1) is 0 Å². The monoisotopic (exact) mass is 479 g/mol. The smallest absolute Gasteiger partial charge is 0.255 e. The summed E-state index contributed by atoms with van der Waals surface area (Å²) in [4.78, 5) is 24.4. The minimum atomic E-state index is -0.476. The first-order valence-electron chi connectivity index (χ1n) is 11.5. The number of pyridine rings is 2. The highest BCUT2D eigenvalue weighted by Gasteiger charge is 2.43. The molecule has 1 atom stereocenters. The largest absolute Gasteiger partial charge is 0.368 e. The third-order valence-electron chi connectivity index (χ3n) is 6.76. The molecule has 176 valence electrons. The molecule has 2 aromatic heterocycles. The lowest BCUT2D eigenvalue weighted by molar-refractivity contribution is 0.0951. The first kappa shape index (κ1) is 22.7. The molecule has 6 nitrogen and oxygen atoms in total. The van der Waals surface area contributed by atoms with E-state index >= 15 is 0 Å². The summed E-state index contributed by atoms with van der Waals surface area (Å²) in [6.45, 7) is 6.91. The molecule has 1 spiro atoms. The van der Waals surface area contributed by atoms with E-state index in [-0.39, 0.29) is 16.5 Å². The standard InChI is InChI=1S/C26H27ClFN5O/c1-16-9-18(10-17(2)32-16)12-30-25(34)21-14-29-13-20(19-3-4-23(28)22(27)11-19)24(21)33-8-6-26(15-33)5-7-31-26/h3-4,9-11,13-14,31H,5-8,12,15H2,1-2H3,(H,30,34). The van der Waals surface area contributed by atoms with Crippen molar-refractivity contribution >= 4 is 23.2 Å². The van der Waals surface area contributed by atoms with E-state index in [0.717, 1.165) is 66.2 Å². The number of nitrogens with one attached hydrogen (secondary N) is 2. The number of rotatable bonds is 5. The molecule has 34 heavy (non-hydrogen) atoms. The molecule has 8 heteroatoms. The van der Waals surface area contributed by atoms with Crippen LogP contribution in [0, 0.1) is 19.7 Å². The van der Waals surface area contributed by atoms with E-state index in [0.29, 0.717) is 12.1 Å². The fourth-order valence-corrected chi connectivity index (χ4v) is 5.21. The number of nitrogens with zero attached hydrogens (tertiary/aromatic N) is 3. The second-order valence-electron chi connectivity index (χ2n) is 9.28. The van der Waals surface area contributed by atoms with Gasteiger partial charge in [0, 0.05) is 54.5 Å². The molecule has 0 radical (unpaired) electrons. The Balaban J connectivity index is 1.50. The summed E-state index contributed by atoms with van der Waals surface area (Å²) in [5, 5.41) is 6.66. The maximum atomic E-state index is 13.9. The van der Waals surface area contributed by atoms with Crippen molar-refractivity contribution in [2.75, 3.05) is 24.5 Å². The van der Waals surface area contributed by atoms with Crippen molar-refractivity contribution in [2.45, 2.75) is 38.8 Å². The van der Waals surface area contributed by atoms with Gasteiger partial charge in [-0.25, -0.2) is 4.39 Å². The second kappa shape index (κ2) is 8.96. The summed E-state index contributed by atoms with van der Waals surface area (Å²) in [7, 11) is 0. The van der Waals surface area contributed by atoms with Crippen molar-refractivity contribution in [1.82, 2.24) is 20.6 Å². The van der Waals surface area contributed by atoms with Crippen molar-refractivity contribution in [3.05, 3.63) is 76.1 Å². The predicted octanol–water partition coefficient (Wildman–Crippen LogP) is 4.43. The van der Waals surface area contributed by atoms with E-state index in [9.17, 15) is 9.18 Å². The topological polar surface area (TPSA) is 70.2 Å². The van der Waals surface area contributed by atoms with Crippen molar-refractivity contribution in [1.29, 1.82) is 0 Å². The summed E-state index contributed by atoms with van der Waals surface area (Å²) in [5.41, 5.74) is 5.72. The lowest BCUT2D eigenvalue weighted by Gasteiger charge is -2.40. The van der Waals surface area contributed by atoms with Gasteiger partial charge in [0.15, 0.2) is 0 Å². The van der Waals surface area contributed by atoms with Gasteiger partial charge in [-0.1, -0.05) is 17.7 Å². The summed E-state index contributed by atoms with van der Waals surface area (Å²) in [6.07, 6.45) is 5.47. The molecule has 3 aromatic rings. The Labute approximate surface area is 203 Å². The molecule has 2 aliphatic heterocycles. The number of hydrogen-bond acceptors (Lipinski definition) is 5. The SMILES string of the molecule is Cc1cc(CNC(=O)c2cncc(-c3ccc(F)c(Cl)c3)c2N2CCC3(CCN3)C2)cc(C)n1. The molecule has 2 fully saturated rings. The molecular formula is C26H27ClFN5O. The Morgan fingerprint density at radius 1 is 1.21 bits per heavy atom. The second-order valence-corrected chi connectivity index (χ2v) is 9.69. The van der Waals surface area contributed by atoms with Gasteiger partial charge in [0.05, 0.1) is 16.3 Å². The van der Waals surface area contributed by atoms with E-state index in [4.69, 9.17) is 11.6 Å². The number of aryl methyl sites for hydroxylation is 2. The average molecular weight is 480 g/mol. The van der Waals surface area contributed by atoms with Crippen LogP contribution in [0.2, 0.25) is 5.02 Å². The molecule has 0 aliphatic carbocycles. The molecule has 1 unspecified atom stereocenters. The zero-order valence-corrected chi connectivity index (χ0v) is 20.0. The van der Waals surface area contributed by atoms with Crippen LogP contribution in [-0.4, -0.2) is 41.0 Å². The average Bonchev–Trinajstić information content (AvgIpc) is 3.24. The van der Waals surface area contributed by atoms with Crippen LogP contribution in [0.1, 0.15) is 40.2 Å². The molecule has 5 rings (SSSR count). The van der Waals surface area contributed by atoms with Crippen LogP contribution in [0.3, 0.4) is 0 Å². The van der Waals surface area contributed by atoms with Gasteiger partial charge in [0.25, 0.3) is 5.91 Å². The van der Waals surface area contributed by atoms with Crippen molar-refractivity contribution in [2.24, 2.45) is 0 Å². The van der Waals surface area contributed by atoms with Gasteiger partial charge < -0.3 is 15.5 Å². The van der Waals surface area contributed by atoms with Gasteiger partial charge in [-0.2, -0.15) is 0 Å². The third kappa shape index (κ3) is 4.38. The number of aromatic nitrogens is 2. The first-order valence-corrected chi connectivity index (χ1v) is 11.9. The van der Waals surface area contributed by atoms with Crippen LogP contribution in [0.25, 0.3) is 11.1 Å². The molecule has 0 saturated carbocycles. The van der Waals surface area contributed by atoms with E-state index < -0.39 is 5.82 Å². The summed E-state index contributed by atoms with van der Waals surface area (Å²) in [5.74, 6) is -0.678. The van der Waals surface area contributed by atoms with Gasteiger partial charge in [0.1, 0.15) is 5.82 Å². The van der Waals surface area contributed by atoms with Crippen LogP contribution in [0.4, 0.5) is 10.1 Å². The lowest BCUT2D eigenvalue weighted by Crippen LogP contribution is -2.58. The summed E-state index contributed by atoms with van der Waals surface area (Å²) >= 11 is 6.09. The Morgan fingerprint density at radius 3 is 2.62 bits per heavy atom. The van der Waals surface area contributed by atoms with E-state index in [1.165, 1.54) is 6.07 Å². The molecule has 4 heterocycles. The molecule has 0 bridgehead atoms. The Morgan fingerprint density at radius 2 is 1.97 bits per heavy atom. The van der Waals surface area contributed by atoms with Crippen LogP contribution in [0.15, 0.2) is 42.7 Å². The minimum absolute atomic E-state index is 0.0419. The summed E-state index contributed by atoms with van der Waals surface area (Å²) < 4.78 is 13.9. The van der Waals surface area contributed by atoms with Crippen molar-refractivity contribution < 1.29 is 9.18 Å². The molecule has 2 saturated heterocycles. The lowest BCUT2D eigenvalue weighted by atomic mass is 9.87. The van der Waals surface area contributed by atoms with Crippen molar-refractivity contribution in [3.8, 4) is 11.1 Å². The highest BCUT2D eigenvalue weighted by atomic mass is 35.5. The molecule has 1 aromatic carbocycles. The number of benzene rings is 1. The number of carbonyl (C=O) groups is 1. The number of amides is 1. The molecular weight excluding hydrogens is 453 g/mol. The Bertz CT molecular complexity index is 1240.